The van der Waals surface area contributed by atoms with Crippen LogP contribution in [-0.4, -0.2) is 22.7 Å². The van der Waals surface area contributed by atoms with Crippen LogP contribution in [-0.2, 0) is 0 Å². The van der Waals surface area contributed by atoms with Crippen LogP contribution in [0.1, 0.15) is 39.0 Å². The van der Waals surface area contributed by atoms with Crippen molar-refractivity contribution in [1.29, 1.82) is 0 Å². The fraction of sp³-hybridized carbons (Fsp3) is 0.467. The highest BCUT2D eigenvalue weighted by Crippen LogP contribution is 2.28. The Bertz CT molecular complexity index is 602. The van der Waals surface area contributed by atoms with Gasteiger partial charge in [-0.15, -0.1) is 0 Å². The van der Waals surface area contributed by atoms with Crippen molar-refractivity contribution in [3.8, 4) is 11.4 Å². The number of nitrogens with one attached hydrogen (secondary N) is 1. The van der Waals surface area contributed by atoms with Gasteiger partial charge in [0.15, 0.2) is 0 Å². The number of halogens is 2. The number of likely N-dealkylation sites (N-methyl/N-ethyl adjacent to an activating group) is 1. The van der Waals surface area contributed by atoms with Crippen molar-refractivity contribution in [2.45, 2.75) is 39.2 Å². The molecule has 1 heterocycles. The minimum absolute atomic E-state index is 0.121. The predicted molar refractivity (Wildman–Crippen MR) is 83.6 cm³/mol. The molecule has 0 saturated carbocycles. The molecule has 114 valence electrons. The Labute approximate surface area is 132 Å². The quantitative estimate of drug-likeness (QED) is 0.846. The molecule has 0 aliphatic rings. The Balaban J connectivity index is 2.24. The molecule has 1 N–H and O–H groups in total. The topological polar surface area (TPSA) is 51.0 Å². The second-order valence-corrected chi connectivity index (χ2v) is 5.80. The number of hydrogen-bond donors (Lipinski definition) is 1. The largest absolute Gasteiger partial charge is 0.339 e. The van der Waals surface area contributed by atoms with Crippen LogP contribution in [0, 0.1) is 5.82 Å². The van der Waals surface area contributed by atoms with Crippen LogP contribution in [0.15, 0.2) is 27.2 Å². The third kappa shape index (κ3) is 3.68. The highest BCUT2D eigenvalue weighted by atomic mass is 79.9. The van der Waals surface area contributed by atoms with E-state index >= 15 is 0 Å². The second kappa shape index (κ2) is 7.13. The molecular formula is C15H19BrFN3O. The first-order valence-corrected chi connectivity index (χ1v) is 7.88. The highest BCUT2D eigenvalue weighted by molar-refractivity contribution is 9.10. The first kappa shape index (κ1) is 16.1. The lowest BCUT2D eigenvalue weighted by atomic mass is 9.99. The number of benzene rings is 1. The summed E-state index contributed by atoms with van der Waals surface area (Å²) < 4.78 is 19.1. The molecule has 1 aromatic carbocycles. The summed E-state index contributed by atoms with van der Waals surface area (Å²) >= 11 is 3.32. The molecule has 0 fully saturated rings. The molecule has 21 heavy (non-hydrogen) atoms. The van der Waals surface area contributed by atoms with E-state index in [4.69, 9.17) is 4.52 Å². The first-order chi connectivity index (χ1) is 10.1. The van der Waals surface area contributed by atoms with Crippen molar-refractivity contribution < 1.29 is 8.91 Å². The number of hydrogen-bond acceptors (Lipinski definition) is 4. The average Bonchev–Trinajstić information content (AvgIpc) is 2.93. The van der Waals surface area contributed by atoms with Crippen LogP contribution in [0.25, 0.3) is 11.4 Å². The summed E-state index contributed by atoms with van der Waals surface area (Å²) in [7, 11) is 0. The molecule has 6 heteroatoms. The zero-order chi connectivity index (χ0) is 15.4. The van der Waals surface area contributed by atoms with Gasteiger partial charge in [-0.25, -0.2) is 4.39 Å². The van der Waals surface area contributed by atoms with Gasteiger partial charge in [-0.3, -0.25) is 0 Å². The zero-order valence-corrected chi connectivity index (χ0v) is 13.9. The lowest BCUT2D eigenvalue weighted by Gasteiger charge is -2.20. The highest BCUT2D eigenvalue weighted by Gasteiger charge is 2.23. The van der Waals surface area contributed by atoms with Gasteiger partial charge >= 0.3 is 0 Å². The van der Waals surface area contributed by atoms with Crippen LogP contribution in [0.3, 0.4) is 0 Å². The van der Waals surface area contributed by atoms with Gasteiger partial charge in [0, 0.05) is 16.1 Å². The van der Waals surface area contributed by atoms with Crippen LogP contribution in [0.4, 0.5) is 4.39 Å². The average molecular weight is 356 g/mol. The van der Waals surface area contributed by atoms with Crippen molar-refractivity contribution in [3.63, 3.8) is 0 Å². The maximum Gasteiger partial charge on any atom is 0.231 e. The monoisotopic (exact) mass is 355 g/mol. The fourth-order valence-corrected chi connectivity index (χ4v) is 2.84. The lowest BCUT2D eigenvalue weighted by Crippen LogP contribution is -2.33. The smallest absolute Gasteiger partial charge is 0.231 e. The number of rotatable bonds is 6. The maximum absolute atomic E-state index is 13.1. The Hall–Kier alpha value is -1.27. The zero-order valence-electron chi connectivity index (χ0n) is 12.4. The van der Waals surface area contributed by atoms with Gasteiger partial charge in [0.25, 0.3) is 0 Å². The second-order valence-electron chi connectivity index (χ2n) is 4.94. The number of aromatic nitrogens is 2. The summed E-state index contributed by atoms with van der Waals surface area (Å²) in [5.74, 6) is 0.875. The molecule has 1 aromatic heterocycles. The summed E-state index contributed by atoms with van der Waals surface area (Å²) in [4.78, 5) is 4.45. The number of nitrogens with zero attached hydrogens (tertiary/aromatic N) is 2. The summed E-state index contributed by atoms with van der Waals surface area (Å²) in [6.07, 6.45) is 0.979. The Morgan fingerprint density at radius 2 is 2.14 bits per heavy atom. The fourth-order valence-electron chi connectivity index (χ4n) is 2.31. The molecule has 2 atom stereocenters. The molecule has 0 saturated heterocycles. The molecule has 0 bridgehead atoms. The van der Waals surface area contributed by atoms with E-state index in [1.807, 2.05) is 0 Å². The van der Waals surface area contributed by atoms with Gasteiger partial charge in [-0.05, 0) is 47.1 Å². The SMILES string of the molecule is CCNC(CC)C(C)c1nc(-c2ccc(F)cc2Br)no1. The maximum atomic E-state index is 13.1. The van der Waals surface area contributed by atoms with Crippen LogP contribution >= 0.6 is 15.9 Å². The van der Waals surface area contributed by atoms with E-state index < -0.39 is 0 Å². The first-order valence-electron chi connectivity index (χ1n) is 7.09. The van der Waals surface area contributed by atoms with Crippen molar-refractivity contribution in [2.75, 3.05) is 6.54 Å². The van der Waals surface area contributed by atoms with Crippen molar-refractivity contribution in [1.82, 2.24) is 15.5 Å². The van der Waals surface area contributed by atoms with Crippen molar-refractivity contribution in [2.24, 2.45) is 0 Å². The molecule has 2 rings (SSSR count). The van der Waals surface area contributed by atoms with Gasteiger partial charge in [-0.2, -0.15) is 4.98 Å². The Morgan fingerprint density at radius 1 is 1.38 bits per heavy atom. The van der Waals surface area contributed by atoms with E-state index in [-0.39, 0.29) is 11.7 Å². The lowest BCUT2D eigenvalue weighted by molar-refractivity contribution is 0.321. The standard InChI is InChI=1S/C15H19BrFN3O/c1-4-13(18-5-2)9(3)15-19-14(20-21-15)11-7-6-10(17)8-12(11)16/h6-9,13,18H,4-5H2,1-3H3. The van der Waals surface area contributed by atoms with Crippen molar-refractivity contribution in [3.05, 3.63) is 34.4 Å². The van der Waals surface area contributed by atoms with Crippen LogP contribution < -0.4 is 5.32 Å². The Kier molecular flexibility index (Phi) is 5.47. The van der Waals surface area contributed by atoms with E-state index in [1.165, 1.54) is 12.1 Å². The summed E-state index contributed by atoms with van der Waals surface area (Å²) in [6.45, 7) is 7.16. The molecule has 4 nitrogen and oxygen atoms in total. The van der Waals surface area contributed by atoms with Gasteiger partial charge < -0.3 is 9.84 Å². The minimum atomic E-state index is -0.305. The van der Waals surface area contributed by atoms with E-state index in [1.54, 1.807) is 6.07 Å². The van der Waals surface area contributed by atoms with E-state index in [9.17, 15) is 4.39 Å². The van der Waals surface area contributed by atoms with E-state index in [2.05, 4.69) is 52.2 Å². The van der Waals surface area contributed by atoms with Crippen LogP contribution in [0.5, 0.6) is 0 Å². The summed E-state index contributed by atoms with van der Waals surface area (Å²) in [6, 6.07) is 4.70. The molecular weight excluding hydrogens is 337 g/mol. The molecule has 0 radical (unpaired) electrons. The molecule has 0 aliphatic heterocycles. The molecule has 0 aliphatic carbocycles. The third-order valence-corrected chi connectivity index (χ3v) is 4.17. The molecule has 0 amide bonds. The minimum Gasteiger partial charge on any atom is -0.339 e. The molecule has 0 spiro atoms. The normalized spacial score (nSPS) is 14.1. The molecule has 2 aromatic rings. The molecule has 2 unspecified atom stereocenters. The van der Waals surface area contributed by atoms with Crippen LogP contribution in [0.2, 0.25) is 0 Å². The van der Waals surface area contributed by atoms with E-state index in [0.29, 0.717) is 22.2 Å². The van der Waals surface area contributed by atoms with Gasteiger partial charge in [0.2, 0.25) is 11.7 Å². The summed E-state index contributed by atoms with van der Waals surface area (Å²) in [5.41, 5.74) is 0.718. The summed E-state index contributed by atoms with van der Waals surface area (Å²) in [5, 5.41) is 7.42. The Morgan fingerprint density at radius 3 is 2.76 bits per heavy atom. The van der Waals surface area contributed by atoms with Gasteiger partial charge in [0.1, 0.15) is 5.82 Å². The van der Waals surface area contributed by atoms with Gasteiger partial charge in [-0.1, -0.05) is 25.9 Å². The van der Waals surface area contributed by atoms with Crippen molar-refractivity contribution >= 4 is 15.9 Å². The third-order valence-electron chi connectivity index (χ3n) is 3.51. The van der Waals surface area contributed by atoms with Gasteiger partial charge in [0.05, 0.1) is 5.92 Å². The van der Waals surface area contributed by atoms with E-state index in [0.717, 1.165) is 18.5 Å². The predicted octanol–water partition coefficient (Wildman–Crippen LogP) is 4.13.